The van der Waals surface area contributed by atoms with Crippen molar-refractivity contribution >= 4 is 11.8 Å². The van der Waals surface area contributed by atoms with Gasteiger partial charge in [0.15, 0.2) is 17.5 Å². The molecule has 0 heterocycles. The van der Waals surface area contributed by atoms with Crippen LogP contribution in [0.2, 0.25) is 0 Å². The summed E-state index contributed by atoms with van der Waals surface area (Å²) in [5.74, 6) is -1.13. The predicted molar refractivity (Wildman–Crippen MR) is 115 cm³/mol. The Morgan fingerprint density at radius 1 is 1.35 bits per heavy atom. The van der Waals surface area contributed by atoms with Crippen molar-refractivity contribution in [3.05, 3.63) is 34.9 Å². The molecular formula is C25H34O6. The Bertz CT molecular complexity index is 926. The summed E-state index contributed by atoms with van der Waals surface area (Å²) >= 11 is 0. The summed E-state index contributed by atoms with van der Waals surface area (Å²) in [6.45, 7) is 10.8. The maximum absolute atomic E-state index is 14.2. The fourth-order valence-corrected chi connectivity index (χ4v) is 6.91. The highest BCUT2D eigenvalue weighted by molar-refractivity contribution is 5.96. The molecule has 2 fully saturated rings. The summed E-state index contributed by atoms with van der Waals surface area (Å²) < 4.78 is 5.72. The highest BCUT2D eigenvalue weighted by atomic mass is 16.6. The summed E-state index contributed by atoms with van der Waals surface area (Å²) in [7, 11) is 0. The number of ketones is 1. The van der Waals surface area contributed by atoms with Crippen LogP contribution in [0.5, 0.6) is 0 Å². The first kappa shape index (κ1) is 22.4. The number of carbonyl (C=O) groups is 2. The Balaban J connectivity index is 1.91. The second kappa shape index (κ2) is 6.87. The van der Waals surface area contributed by atoms with Crippen LogP contribution in [0.1, 0.15) is 48.0 Å². The number of hydrogen-bond acceptors (Lipinski definition) is 6. The molecule has 0 amide bonds. The standard InChI is InChI=1S/C25H34O6/c1-7-12(2)22(29)31-21-13(3)10-24-14(4)8-17-18(23(17,5)6)16(20(24)28)9-15(11-26)19(27)25(21,24)30/h7,9-10,14,16-19,21,26-27,30H,8,11H2,1-6H3/b12-7+/t14-,16?,17?,18?,19?,21?,24?,25?/m1/s1. The first-order chi connectivity index (χ1) is 14.4. The minimum Gasteiger partial charge on any atom is -0.451 e. The smallest absolute Gasteiger partial charge is 0.334 e. The highest BCUT2D eigenvalue weighted by Gasteiger charge is 2.76. The van der Waals surface area contributed by atoms with Crippen LogP contribution >= 0.6 is 0 Å². The third kappa shape index (κ3) is 2.61. The number of rotatable bonds is 3. The van der Waals surface area contributed by atoms with Gasteiger partial charge in [0.1, 0.15) is 6.10 Å². The van der Waals surface area contributed by atoms with E-state index in [2.05, 4.69) is 13.8 Å². The van der Waals surface area contributed by atoms with Gasteiger partial charge in [-0.05, 0) is 61.5 Å². The lowest BCUT2D eigenvalue weighted by Crippen LogP contribution is -2.65. The number of aliphatic hydroxyl groups is 3. The second-order valence-electron chi connectivity index (χ2n) is 10.6. The van der Waals surface area contributed by atoms with Gasteiger partial charge in [-0.15, -0.1) is 0 Å². The minimum atomic E-state index is -2.08. The summed E-state index contributed by atoms with van der Waals surface area (Å²) in [6.07, 6.45) is 3.04. The van der Waals surface area contributed by atoms with Crippen LogP contribution in [-0.2, 0) is 14.3 Å². The zero-order valence-corrected chi connectivity index (χ0v) is 19.2. The fourth-order valence-electron chi connectivity index (χ4n) is 6.91. The maximum atomic E-state index is 14.2. The van der Waals surface area contributed by atoms with Crippen molar-refractivity contribution in [2.45, 2.75) is 65.8 Å². The van der Waals surface area contributed by atoms with Crippen molar-refractivity contribution in [3.63, 3.8) is 0 Å². The van der Waals surface area contributed by atoms with E-state index in [0.29, 0.717) is 17.1 Å². The average Bonchev–Trinajstić information content (AvgIpc) is 3.21. The number of aliphatic hydroxyl groups excluding tert-OH is 2. The average molecular weight is 431 g/mol. The van der Waals surface area contributed by atoms with Crippen LogP contribution in [0, 0.1) is 34.5 Å². The lowest BCUT2D eigenvalue weighted by atomic mass is 9.59. The molecule has 3 N–H and O–H groups in total. The Morgan fingerprint density at radius 3 is 2.58 bits per heavy atom. The number of Topliss-reactive ketones (excluding diaryl/α,β-unsaturated/α-hetero) is 1. The third-order valence-electron chi connectivity index (χ3n) is 8.88. The fraction of sp³-hybridized carbons (Fsp3) is 0.680. The summed E-state index contributed by atoms with van der Waals surface area (Å²) in [6, 6.07) is 0. The van der Waals surface area contributed by atoms with Gasteiger partial charge in [-0.1, -0.05) is 39.0 Å². The third-order valence-corrected chi connectivity index (χ3v) is 8.88. The van der Waals surface area contributed by atoms with Crippen molar-refractivity contribution < 1.29 is 29.6 Å². The van der Waals surface area contributed by atoms with E-state index in [1.54, 1.807) is 39.0 Å². The van der Waals surface area contributed by atoms with Gasteiger partial charge in [0.25, 0.3) is 0 Å². The van der Waals surface area contributed by atoms with Gasteiger partial charge in [0.05, 0.1) is 12.0 Å². The Kier molecular flexibility index (Phi) is 4.97. The van der Waals surface area contributed by atoms with Crippen LogP contribution in [0.4, 0.5) is 0 Å². The van der Waals surface area contributed by atoms with Crippen molar-refractivity contribution in [1.29, 1.82) is 0 Å². The zero-order chi connectivity index (χ0) is 23.1. The molecule has 0 aliphatic heterocycles. The van der Waals surface area contributed by atoms with Gasteiger partial charge in [0.2, 0.25) is 0 Å². The molecule has 8 atom stereocenters. The Morgan fingerprint density at radius 2 is 2.00 bits per heavy atom. The number of hydrogen-bond donors (Lipinski definition) is 3. The van der Waals surface area contributed by atoms with Gasteiger partial charge < -0.3 is 20.1 Å². The van der Waals surface area contributed by atoms with Crippen LogP contribution in [-0.4, -0.2) is 51.5 Å². The van der Waals surface area contributed by atoms with Gasteiger partial charge in [0, 0.05) is 11.5 Å². The molecule has 31 heavy (non-hydrogen) atoms. The summed E-state index contributed by atoms with van der Waals surface area (Å²) in [4.78, 5) is 26.8. The lowest BCUT2D eigenvalue weighted by molar-refractivity contribution is -0.201. The van der Waals surface area contributed by atoms with Gasteiger partial charge in [-0.3, -0.25) is 4.79 Å². The quantitative estimate of drug-likeness (QED) is 0.361. The van der Waals surface area contributed by atoms with E-state index in [4.69, 9.17) is 4.74 Å². The van der Waals surface area contributed by atoms with Crippen LogP contribution in [0.3, 0.4) is 0 Å². The molecule has 6 heteroatoms. The van der Waals surface area contributed by atoms with E-state index >= 15 is 0 Å². The van der Waals surface area contributed by atoms with E-state index in [1.807, 2.05) is 6.92 Å². The van der Waals surface area contributed by atoms with Gasteiger partial charge in [-0.2, -0.15) is 0 Å². The molecule has 1 spiro atoms. The predicted octanol–water partition coefficient (Wildman–Crippen LogP) is 2.33. The van der Waals surface area contributed by atoms with E-state index < -0.39 is 41.7 Å². The van der Waals surface area contributed by atoms with Crippen LogP contribution in [0.25, 0.3) is 0 Å². The Labute approximate surface area is 183 Å². The molecule has 4 aliphatic carbocycles. The Hall–Kier alpha value is -1.76. The molecule has 7 unspecified atom stereocenters. The SMILES string of the molecule is C/C=C(\C)C(=O)OC1C(C)=CC23C(=O)C(C=C(CO)C(O)C12O)C1C(C[C@H]3C)C1(C)C. The van der Waals surface area contributed by atoms with Crippen molar-refractivity contribution in [1.82, 2.24) is 0 Å². The zero-order valence-electron chi connectivity index (χ0n) is 19.2. The van der Waals surface area contributed by atoms with Crippen LogP contribution < -0.4 is 0 Å². The molecule has 4 aliphatic rings. The molecule has 0 aromatic rings. The van der Waals surface area contributed by atoms with Crippen molar-refractivity contribution in [3.8, 4) is 0 Å². The number of allylic oxidation sites excluding steroid dienone is 2. The van der Waals surface area contributed by atoms with E-state index in [-0.39, 0.29) is 28.6 Å². The summed E-state index contributed by atoms with van der Waals surface area (Å²) in [5, 5.41) is 33.7. The molecule has 2 bridgehead atoms. The molecule has 0 radical (unpaired) electrons. The molecule has 0 aromatic heterocycles. The van der Waals surface area contributed by atoms with E-state index in [1.165, 1.54) is 0 Å². The van der Waals surface area contributed by atoms with Gasteiger partial charge >= 0.3 is 5.97 Å². The summed E-state index contributed by atoms with van der Waals surface area (Å²) in [5.41, 5.74) is -2.36. The molecule has 6 nitrogen and oxygen atoms in total. The second-order valence-corrected chi connectivity index (χ2v) is 10.6. The topological polar surface area (TPSA) is 104 Å². The largest absolute Gasteiger partial charge is 0.451 e. The van der Waals surface area contributed by atoms with Crippen LogP contribution in [0.15, 0.2) is 34.9 Å². The molecule has 4 rings (SSSR count). The highest BCUT2D eigenvalue weighted by Crippen LogP contribution is 2.71. The van der Waals surface area contributed by atoms with E-state index in [9.17, 15) is 24.9 Å². The number of carbonyl (C=O) groups excluding carboxylic acids is 2. The number of ether oxygens (including phenoxy) is 1. The van der Waals surface area contributed by atoms with E-state index in [0.717, 1.165) is 6.42 Å². The maximum Gasteiger partial charge on any atom is 0.334 e. The van der Waals surface area contributed by atoms with Crippen molar-refractivity contribution in [2.24, 2.45) is 34.5 Å². The first-order valence-corrected chi connectivity index (χ1v) is 11.2. The lowest BCUT2D eigenvalue weighted by Gasteiger charge is -2.48. The molecule has 170 valence electrons. The molecule has 0 aromatic carbocycles. The van der Waals surface area contributed by atoms with Gasteiger partial charge in [-0.25, -0.2) is 4.79 Å². The minimum absolute atomic E-state index is 0.0209. The van der Waals surface area contributed by atoms with Crippen molar-refractivity contribution in [2.75, 3.05) is 6.61 Å². The normalized spacial score (nSPS) is 45.6. The number of esters is 1. The number of fused-ring (bicyclic) bond motifs is 3. The monoisotopic (exact) mass is 430 g/mol. The molecule has 2 saturated carbocycles. The molecule has 0 saturated heterocycles. The molecular weight excluding hydrogens is 396 g/mol. The first-order valence-electron chi connectivity index (χ1n) is 11.2.